The number of anilines is 1. The maximum Gasteiger partial charge on any atom is 0.337 e. The van der Waals surface area contributed by atoms with Crippen molar-refractivity contribution in [3.63, 3.8) is 0 Å². The van der Waals surface area contributed by atoms with Crippen molar-refractivity contribution >= 4 is 17.6 Å². The van der Waals surface area contributed by atoms with Crippen LogP contribution in [0.5, 0.6) is 0 Å². The van der Waals surface area contributed by atoms with E-state index in [1.807, 2.05) is 0 Å². The van der Waals surface area contributed by atoms with E-state index < -0.39 is 5.97 Å². The van der Waals surface area contributed by atoms with Crippen molar-refractivity contribution in [2.75, 3.05) is 31.6 Å². The Bertz CT molecular complexity index is 525. The molecule has 0 atom stereocenters. The van der Waals surface area contributed by atoms with Crippen LogP contribution in [0.4, 0.5) is 5.69 Å². The molecular formula is C15H21N3O3. The number of carbonyl (C=O) groups excluding carboxylic acids is 1. The topological polar surface area (TPSA) is 86.9 Å². The molecule has 0 aromatic heterocycles. The van der Waals surface area contributed by atoms with Crippen LogP contribution in [-0.4, -0.2) is 54.6 Å². The standard InChI is InChI=1S/C15H21N3O3/c1-17(13-5-3-2-4-12(13)15(20)21)14(19)10-18-8-6-11(16)7-9-18/h2-5,11H,6-10,16H2,1H3,(H,20,21). The van der Waals surface area contributed by atoms with Gasteiger partial charge in [0.15, 0.2) is 0 Å². The zero-order valence-electron chi connectivity index (χ0n) is 12.2. The molecule has 2 rings (SSSR count). The summed E-state index contributed by atoms with van der Waals surface area (Å²) in [6.07, 6.45) is 1.78. The van der Waals surface area contributed by atoms with Crippen LogP contribution < -0.4 is 10.6 Å². The number of hydrogen-bond acceptors (Lipinski definition) is 4. The summed E-state index contributed by atoms with van der Waals surface area (Å²) in [6, 6.07) is 6.75. The van der Waals surface area contributed by atoms with Gasteiger partial charge < -0.3 is 15.7 Å². The van der Waals surface area contributed by atoms with Crippen molar-refractivity contribution in [3.8, 4) is 0 Å². The minimum absolute atomic E-state index is 0.112. The number of benzene rings is 1. The molecule has 3 N–H and O–H groups in total. The molecule has 1 aliphatic rings. The molecule has 0 spiro atoms. The first-order valence-electron chi connectivity index (χ1n) is 7.06. The number of piperidine rings is 1. The van der Waals surface area contributed by atoms with Gasteiger partial charge in [-0.1, -0.05) is 12.1 Å². The van der Waals surface area contributed by atoms with E-state index in [-0.39, 0.29) is 24.1 Å². The molecule has 1 heterocycles. The van der Waals surface area contributed by atoms with Gasteiger partial charge in [-0.05, 0) is 25.0 Å². The molecule has 0 radical (unpaired) electrons. The molecule has 1 aromatic rings. The van der Waals surface area contributed by atoms with E-state index in [1.54, 1.807) is 25.2 Å². The van der Waals surface area contributed by atoms with Gasteiger partial charge in [0.1, 0.15) is 0 Å². The van der Waals surface area contributed by atoms with Crippen LogP contribution in [0.25, 0.3) is 0 Å². The third-order valence-corrected chi connectivity index (χ3v) is 3.86. The Labute approximate surface area is 124 Å². The van der Waals surface area contributed by atoms with Crippen LogP contribution in [0.1, 0.15) is 23.2 Å². The van der Waals surface area contributed by atoms with E-state index in [9.17, 15) is 14.7 Å². The van der Waals surface area contributed by atoms with E-state index in [2.05, 4.69) is 4.90 Å². The highest BCUT2D eigenvalue weighted by Crippen LogP contribution is 2.19. The highest BCUT2D eigenvalue weighted by atomic mass is 16.4. The fraction of sp³-hybridized carbons (Fsp3) is 0.467. The third kappa shape index (κ3) is 3.80. The number of nitrogens with two attached hydrogens (primary N) is 1. The Hall–Kier alpha value is -1.92. The Balaban J connectivity index is 2.04. The number of aromatic carboxylic acids is 1. The Morgan fingerprint density at radius 3 is 2.57 bits per heavy atom. The molecule has 0 unspecified atom stereocenters. The number of carboxylic acid groups (broad SMARTS) is 1. The second kappa shape index (κ2) is 6.69. The SMILES string of the molecule is CN(C(=O)CN1CCC(N)CC1)c1ccccc1C(=O)O. The van der Waals surface area contributed by atoms with Crippen LogP contribution in [0.2, 0.25) is 0 Å². The van der Waals surface area contributed by atoms with Crippen molar-refractivity contribution < 1.29 is 14.7 Å². The molecule has 1 aromatic carbocycles. The molecule has 0 aliphatic carbocycles. The monoisotopic (exact) mass is 291 g/mol. The van der Waals surface area contributed by atoms with Crippen molar-refractivity contribution in [3.05, 3.63) is 29.8 Å². The summed E-state index contributed by atoms with van der Waals surface area (Å²) in [6.45, 7) is 1.90. The summed E-state index contributed by atoms with van der Waals surface area (Å²) in [5, 5.41) is 9.18. The van der Waals surface area contributed by atoms with Crippen LogP contribution in [0.15, 0.2) is 24.3 Å². The van der Waals surface area contributed by atoms with Crippen LogP contribution >= 0.6 is 0 Å². The van der Waals surface area contributed by atoms with Crippen molar-refractivity contribution in [1.82, 2.24) is 4.90 Å². The van der Waals surface area contributed by atoms with Gasteiger partial charge in [-0.2, -0.15) is 0 Å². The summed E-state index contributed by atoms with van der Waals surface area (Å²) >= 11 is 0. The lowest BCUT2D eigenvalue weighted by Gasteiger charge is -2.31. The predicted octanol–water partition coefficient (Wildman–Crippen LogP) is 0.771. The number of hydrogen-bond donors (Lipinski definition) is 2. The molecule has 21 heavy (non-hydrogen) atoms. The van der Waals surface area contributed by atoms with E-state index in [0.717, 1.165) is 25.9 Å². The van der Waals surface area contributed by atoms with Gasteiger partial charge in [-0.15, -0.1) is 0 Å². The highest BCUT2D eigenvalue weighted by Gasteiger charge is 2.22. The fourth-order valence-electron chi connectivity index (χ4n) is 2.49. The van der Waals surface area contributed by atoms with E-state index in [1.165, 1.54) is 11.0 Å². The summed E-state index contributed by atoms with van der Waals surface area (Å²) in [5.41, 5.74) is 6.40. The van der Waals surface area contributed by atoms with Gasteiger partial charge in [0.25, 0.3) is 0 Å². The number of amides is 1. The molecule has 114 valence electrons. The van der Waals surface area contributed by atoms with Crippen molar-refractivity contribution in [1.29, 1.82) is 0 Å². The first-order valence-corrected chi connectivity index (χ1v) is 7.06. The molecular weight excluding hydrogens is 270 g/mol. The van der Waals surface area contributed by atoms with Crippen molar-refractivity contribution in [2.45, 2.75) is 18.9 Å². The first-order chi connectivity index (χ1) is 9.99. The number of carbonyl (C=O) groups is 2. The zero-order chi connectivity index (χ0) is 15.4. The van der Waals surface area contributed by atoms with Crippen molar-refractivity contribution in [2.24, 2.45) is 5.73 Å². The largest absolute Gasteiger partial charge is 0.478 e. The number of carboxylic acids is 1. The average Bonchev–Trinajstić information content (AvgIpc) is 2.48. The Morgan fingerprint density at radius 2 is 1.95 bits per heavy atom. The predicted molar refractivity (Wildman–Crippen MR) is 80.5 cm³/mol. The molecule has 1 aliphatic heterocycles. The Kier molecular flexibility index (Phi) is 4.93. The fourth-order valence-corrected chi connectivity index (χ4v) is 2.49. The zero-order valence-corrected chi connectivity index (χ0v) is 12.2. The summed E-state index contributed by atoms with van der Waals surface area (Å²) in [5.74, 6) is -1.15. The molecule has 1 fully saturated rings. The van der Waals surface area contributed by atoms with Gasteiger partial charge in [0.05, 0.1) is 17.8 Å². The van der Waals surface area contributed by atoms with Gasteiger partial charge in [0, 0.05) is 26.2 Å². The van der Waals surface area contributed by atoms with Crippen LogP contribution in [0.3, 0.4) is 0 Å². The number of rotatable bonds is 4. The molecule has 1 amide bonds. The minimum Gasteiger partial charge on any atom is -0.478 e. The third-order valence-electron chi connectivity index (χ3n) is 3.86. The lowest BCUT2D eigenvalue weighted by molar-refractivity contribution is -0.119. The normalized spacial score (nSPS) is 16.7. The van der Waals surface area contributed by atoms with Gasteiger partial charge in [-0.25, -0.2) is 4.79 Å². The second-order valence-corrected chi connectivity index (χ2v) is 5.39. The molecule has 6 nitrogen and oxygen atoms in total. The molecule has 6 heteroatoms. The number of likely N-dealkylation sites (tertiary alicyclic amines) is 1. The highest BCUT2D eigenvalue weighted by molar-refractivity contribution is 6.02. The first kappa shape index (κ1) is 15.5. The minimum atomic E-state index is -1.03. The lowest BCUT2D eigenvalue weighted by Crippen LogP contribution is -2.45. The average molecular weight is 291 g/mol. The quantitative estimate of drug-likeness (QED) is 0.855. The van der Waals surface area contributed by atoms with E-state index >= 15 is 0 Å². The molecule has 0 bridgehead atoms. The maximum atomic E-state index is 12.3. The lowest BCUT2D eigenvalue weighted by atomic mass is 10.1. The van der Waals surface area contributed by atoms with Crippen LogP contribution in [-0.2, 0) is 4.79 Å². The van der Waals surface area contributed by atoms with E-state index in [4.69, 9.17) is 5.73 Å². The van der Waals surface area contributed by atoms with Gasteiger partial charge >= 0.3 is 5.97 Å². The number of para-hydroxylation sites is 1. The molecule has 1 saturated heterocycles. The maximum absolute atomic E-state index is 12.3. The van der Waals surface area contributed by atoms with E-state index in [0.29, 0.717) is 5.69 Å². The van der Waals surface area contributed by atoms with Crippen LogP contribution in [0, 0.1) is 0 Å². The number of nitrogens with zero attached hydrogens (tertiary/aromatic N) is 2. The van der Waals surface area contributed by atoms with Gasteiger partial charge in [-0.3, -0.25) is 9.69 Å². The summed E-state index contributed by atoms with van der Waals surface area (Å²) in [7, 11) is 1.61. The number of likely N-dealkylation sites (N-methyl/N-ethyl adjacent to an activating group) is 1. The molecule has 0 saturated carbocycles. The van der Waals surface area contributed by atoms with Gasteiger partial charge in [0.2, 0.25) is 5.91 Å². The summed E-state index contributed by atoms with van der Waals surface area (Å²) < 4.78 is 0. The Morgan fingerprint density at radius 1 is 1.33 bits per heavy atom. The smallest absolute Gasteiger partial charge is 0.337 e. The second-order valence-electron chi connectivity index (χ2n) is 5.39. The summed E-state index contributed by atoms with van der Waals surface area (Å²) in [4.78, 5) is 27.0.